The molecule has 1 saturated carbocycles. The molecule has 38 heavy (non-hydrogen) atoms. The maximum atomic E-state index is 15.3. The lowest BCUT2D eigenvalue weighted by Gasteiger charge is -2.24. The average Bonchev–Trinajstić information content (AvgIpc) is 3.47. The van der Waals surface area contributed by atoms with Crippen LogP contribution in [0.2, 0.25) is 0 Å². The van der Waals surface area contributed by atoms with Crippen molar-refractivity contribution in [1.29, 1.82) is 0 Å². The Morgan fingerprint density at radius 3 is 1.87 bits per heavy atom. The molecule has 0 spiro atoms. The number of hydrogen-bond acceptors (Lipinski definition) is 2. The van der Waals surface area contributed by atoms with Gasteiger partial charge in [-0.15, -0.1) is 0 Å². The molecule has 0 bridgehead atoms. The van der Waals surface area contributed by atoms with Gasteiger partial charge in [-0.05, 0) is 84.6 Å². The maximum Gasteiger partial charge on any atom is 0.243 e. The fraction of sp³-hybridized carbons (Fsp3) is 0.273. The van der Waals surface area contributed by atoms with Crippen LogP contribution >= 0.6 is 0 Å². The molecule has 3 aromatic rings. The molecule has 3 aromatic carbocycles. The van der Waals surface area contributed by atoms with Crippen molar-refractivity contribution in [1.82, 2.24) is 4.31 Å². The van der Waals surface area contributed by atoms with Crippen LogP contribution in [0.15, 0.2) is 124 Å². The van der Waals surface area contributed by atoms with E-state index in [2.05, 4.69) is 0 Å². The highest BCUT2D eigenvalue weighted by Gasteiger charge is 2.28. The monoisotopic (exact) mass is 527 g/mol. The molecule has 1 fully saturated rings. The lowest BCUT2D eigenvalue weighted by Crippen LogP contribution is -2.30. The fourth-order valence-corrected chi connectivity index (χ4v) is 6.79. The molecule has 0 saturated heterocycles. The van der Waals surface area contributed by atoms with Crippen LogP contribution in [-0.4, -0.2) is 18.9 Å². The second-order valence-electron chi connectivity index (χ2n) is 10.3. The first-order valence-corrected chi connectivity index (χ1v) is 14.8. The molecule has 3 nitrogen and oxygen atoms in total. The molecule has 0 aromatic heterocycles. The number of sulfonamides is 1. The van der Waals surface area contributed by atoms with Crippen molar-refractivity contribution in [3.63, 3.8) is 0 Å². The Morgan fingerprint density at radius 1 is 0.763 bits per heavy atom. The number of alkyl halides is 1. The zero-order valence-electron chi connectivity index (χ0n) is 21.8. The summed E-state index contributed by atoms with van der Waals surface area (Å²) >= 11 is 0. The van der Waals surface area contributed by atoms with Crippen LogP contribution < -0.4 is 0 Å². The Labute approximate surface area is 226 Å². The zero-order chi connectivity index (χ0) is 26.5. The third kappa shape index (κ3) is 5.90. The largest absolute Gasteiger partial charge is 0.243 e. The Bertz CT molecular complexity index is 1410. The highest BCUT2D eigenvalue weighted by atomic mass is 32.2. The summed E-state index contributed by atoms with van der Waals surface area (Å²) in [7, 11) is -3.75. The van der Waals surface area contributed by atoms with Gasteiger partial charge in [-0.1, -0.05) is 90.5 Å². The Morgan fingerprint density at radius 2 is 1.32 bits per heavy atom. The van der Waals surface area contributed by atoms with Crippen molar-refractivity contribution >= 4 is 10.0 Å². The predicted molar refractivity (Wildman–Crippen MR) is 152 cm³/mol. The third-order valence-electron chi connectivity index (χ3n) is 7.49. The summed E-state index contributed by atoms with van der Waals surface area (Å²) in [5.41, 5.74) is 6.70. The molecule has 0 aliphatic heterocycles. The SMILES string of the molecule is CC1=CC=C(Cc2ccc(S(=O)(=O)N(Cc3ccccc3)Cc3ccccc3)cc2)C(=C2CCCC2)C1F. The van der Waals surface area contributed by atoms with Gasteiger partial charge in [0.05, 0.1) is 4.90 Å². The lowest BCUT2D eigenvalue weighted by molar-refractivity contribution is 0.401. The van der Waals surface area contributed by atoms with E-state index in [0.717, 1.165) is 59.1 Å². The van der Waals surface area contributed by atoms with E-state index in [0.29, 0.717) is 6.42 Å². The number of rotatable bonds is 8. The molecule has 0 radical (unpaired) electrons. The van der Waals surface area contributed by atoms with Gasteiger partial charge in [0, 0.05) is 13.1 Å². The third-order valence-corrected chi connectivity index (χ3v) is 9.30. The van der Waals surface area contributed by atoms with Crippen LogP contribution in [0.3, 0.4) is 0 Å². The molecular weight excluding hydrogens is 493 g/mol. The van der Waals surface area contributed by atoms with Gasteiger partial charge in [-0.3, -0.25) is 0 Å². The lowest BCUT2D eigenvalue weighted by atomic mass is 9.84. The van der Waals surface area contributed by atoms with E-state index in [1.807, 2.05) is 91.9 Å². The molecule has 5 rings (SSSR count). The molecule has 0 heterocycles. The number of hydrogen-bond donors (Lipinski definition) is 0. The van der Waals surface area contributed by atoms with Crippen LogP contribution in [0, 0.1) is 0 Å². The van der Waals surface area contributed by atoms with Crippen LogP contribution in [0.1, 0.15) is 49.3 Å². The van der Waals surface area contributed by atoms with E-state index in [1.165, 1.54) is 9.88 Å². The topological polar surface area (TPSA) is 37.4 Å². The summed E-state index contributed by atoms with van der Waals surface area (Å²) in [6.45, 7) is 2.42. The summed E-state index contributed by atoms with van der Waals surface area (Å²) in [6, 6.07) is 26.4. The number of halogens is 1. The average molecular weight is 528 g/mol. The first-order chi connectivity index (χ1) is 18.4. The smallest absolute Gasteiger partial charge is 0.237 e. The van der Waals surface area contributed by atoms with Crippen molar-refractivity contribution in [3.8, 4) is 0 Å². The molecule has 196 valence electrons. The summed E-state index contributed by atoms with van der Waals surface area (Å²) in [6.07, 6.45) is 7.63. The summed E-state index contributed by atoms with van der Waals surface area (Å²) in [5, 5.41) is 0. The van der Waals surface area contributed by atoms with Crippen molar-refractivity contribution in [2.45, 2.75) is 63.2 Å². The van der Waals surface area contributed by atoms with E-state index in [-0.39, 0.29) is 18.0 Å². The van der Waals surface area contributed by atoms with Crippen molar-refractivity contribution in [3.05, 3.63) is 136 Å². The van der Waals surface area contributed by atoms with Gasteiger partial charge in [0.1, 0.15) is 6.17 Å². The van der Waals surface area contributed by atoms with E-state index in [9.17, 15) is 8.42 Å². The molecule has 5 heteroatoms. The Balaban J connectivity index is 1.40. The normalized spacial score (nSPS) is 18.0. The van der Waals surface area contributed by atoms with Crippen molar-refractivity contribution in [2.75, 3.05) is 0 Å². The van der Waals surface area contributed by atoms with E-state index in [1.54, 1.807) is 12.1 Å². The highest BCUT2D eigenvalue weighted by molar-refractivity contribution is 7.89. The van der Waals surface area contributed by atoms with Gasteiger partial charge in [0.25, 0.3) is 0 Å². The number of nitrogens with zero attached hydrogens (tertiary/aromatic N) is 1. The Hall–Kier alpha value is -3.28. The fourth-order valence-electron chi connectivity index (χ4n) is 5.38. The number of benzene rings is 3. The van der Waals surface area contributed by atoms with E-state index < -0.39 is 16.2 Å². The minimum atomic E-state index is -3.75. The van der Waals surface area contributed by atoms with Crippen molar-refractivity contribution in [2.24, 2.45) is 0 Å². The minimum Gasteiger partial charge on any atom is -0.237 e. The van der Waals surface area contributed by atoms with Crippen molar-refractivity contribution < 1.29 is 12.8 Å². The van der Waals surface area contributed by atoms with Crippen LogP contribution in [-0.2, 0) is 29.5 Å². The van der Waals surface area contributed by atoms with Crippen LogP contribution in [0.5, 0.6) is 0 Å². The van der Waals surface area contributed by atoms with Gasteiger partial charge in [0.15, 0.2) is 0 Å². The summed E-state index contributed by atoms with van der Waals surface area (Å²) in [5.74, 6) is 0. The molecule has 1 atom stereocenters. The first kappa shape index (κ1) is 26.3. The Kier molecular flexibility index (Phi) is 8.06. The zero-order valence-corrected chi connectivity index (χ0v) is 22.6. The van der Waals surface area contributed by atoms with Gasteiger partial charge in [-0.25, -0.2) is 12.8 Å². The number of allylic oxidation sites excluding steroid dienone is 6. The molecular formula is C33H34FNO2S. The van der Waals surface area contributed by atoms with Gasteiger partial charge in [-0.2, -0.15) is 4.31 Å². The van der Waals surface area contributed by atoms with Gasteiger partial charge in [0.2, 0.25) is 10.0 Å². The van der Waals surface area contributed by atoms with Gasteiger partial charge < -0.3 is 0 Å². The van der Waals surface area contributed by atoms with E-state index >= 15 is 4.39 Å². The molecule has 1 unspecified atom stereocenters. The van der Waals surface area contributed by atoms with E-state index in [4.69, 9.17) is 0 Å². The summed E-state index contributed by atoms with van der Waals surface area (Å²) < 4.78 is 44.4. The first-order valence-electron chi connectivity index (χ1n) is 13.3. The maximum absolute atomic E-state index is 15.3. The minimum absolute atomic E-state index is 0.263. The molecule has 2 aliphatic carbocycles. The quantitative estimate of drug-likeness (QED) is 0.301. The van der Waals surface area contributed by atoms with Crippen LogP contribution in [0.25, 0.3) is 0 Å². The molecule has 0 N–H and O–H groups in total. The standard InChI is InChI=1S/C33H34FNO2S/c1-25-16-19-30(32(33(25)34)29-14-8-9-15-29)22-26-17-20-31(21-18-26)38(36,37)35(23-27-10-4-2-5-11-27)24-28-12-6-3-7-13-28/h2-7,10-13,16-21,33H,8-9,14-15,22-24H2,1H3. The highest BCUT2D eigenvalue weighted by Crippen LogP contribution is 2.38. The summed E-state index contributed by atoms with van der Waals surface area (Å²) in [4.78, 5) is 0.263. The van der Waals surface area contributed by atoms with Gasteiger partial charge >= 0.3 is 0 Å². The predicted octanol–water partition coefficient (Wildman–Crippen LogP) is 7.72. The molecule has 0 amide bonds. The second-order valence-corrected chi connectivity index (χ2v) is 12.2. The second kappa shape index (κ2) is 11.6. The molecule has 2 aliphatic rings. The van der Waals surface area contributed by atoms with Crippen LogP contribution in [0.4, 0.5) is 4.39 Å².